The van der Waals surface area contributed by atoms with Gasteiger partial charge in [0.1, 0.15) is 12.6 Å². The lowest BCUT2D eigenvalue weighted by Crippen LogP contribution is -2.50. The molecule has 0 saturated heterocycles. The Morgan fingerprint density at radius 3 is 2.00 bits per heavy atom. The van der Waals surface area contributed by atoms with E-state index >= 15 is 0 Å². The molecule has 3 rings (SSSR count). The van der Waals surface area contributed by atoms with Gasteiger partial charge in [-0.15, -0.1) is 0 Å². The van der Waals surface area contributed by atoms with Gasteiger partial charge in [-0.1, -0.05) is 62.4 Å². The Kier molecular flexibility index (Phi) is 10.3. The Labute approximate surface area is 215 Å². The highest BCUT2D eigenvalue weighted by molar-refractivity contribution is 5.85. The van der Waals surface area contributed by atoms with E-state index in [1.165, 1.54) is 11.1 Å². The number of hydrogen-bond acceptors (Lipinski definition) is 5. The number of rotatable bonds is 13. The summed E-state index contributed by atoms with van der Waals surface area (Å²) in [5.41, 5.74) is 4.64. The lowest BCUT2D eigenvalue weighted by Gasteiger charge is -2.30. The molecule has 1 aliphatic rings. The topological polar surface area (TPSA) is 77.1 Å². The van der Waals surface area contributed by atoms with Gasteiger partial charge in [-0.25, -0.2) is 4.79 Å². The molecule has 0 aliphatic heterocycles. The van der Waals surface area contributed by atoms with Crippen molar-refractivity contribution in [3.63, 3.8) is 0 Å². The summed E-state index contributed by atoms with van der Waals surface area (Å²) in [6.07, 6.45) is -0.264. The zero-order valence-electron chi connectivity index (χ0n) is 22.2. The van der Waals surface area contributed by atoms with Gasteiger partial charge in [0.05, 0.1) is 6.54 Å². The first-order valence-electron chi connectivity index (χ1n) is 13.0. The molecule has 0 fully saturated rings. The maximum Gasteiger partial charge on any atom is 0.407 e. The van der Waals surface area contributed by atoms with Crippen molar-refractivity contribution in [1.29, 1.82) is 0 Å². The number of nitrogens with zero attached hydrogens (tertiary/aromatic N) is 1. The monoisotopic (exact) mass is 496 g/mol. The molecule has 7 nitrogen and oxygen atoms in total. The molecule has 0 bridgehead atoms. The standard InChI is InChI=1S/C29H40N2O5/c1-6-34-27(35-7-2)18-31(17-16-20(3)4)28(32)21(5)30-29(33)36-19-26-24-14-10-8-12-22(24)23-13-9-11-15-25(23)26/h8-15,20-21,26-27H,6-7,16-19H2,1-5H3,(H,30,33)/t21-/m0/s1. The maximum absolute atomic E-state index is 13.3. The first kappa shape index (κ1) is 27.7. The minimum absolute atomic E-state index is 0.0326. The molecule has 1 atom stereocenters. The fourth-order valence-electron chi connectivity index (χ4n) is 4.56. The number of benzene rings is 2. The minimum Gasteiger partial charge on any atom is -0.449 e. The highest BCUT2D eigenvalue weighted by atomic mass is 16.7. The molecule has 2 amide bonds. The van der Waals surface area contributed by atoms with E-state index in [-0.39, 0.29) is 18.4 Å². The molecule has 0 radical (unpaired) electrons. The van der Waals surface area contributed by atoms with Crippen LogP contribution < -0.4 is 5.32 Å². The van der Waals surface area contributed by atoms with Gasteiger partial charge in [0.25, 0.3) is 0 Å². The van der Waals surface area contributed by atoms with Gasteiger partial charge in [-0.3, -0.25) is 4.79 Å². The van der Waals surface area contributed by atoms with Gasteiger partial charge < -0.3 is 24.4 Å². The first-order valence-corrected chi connectivity index (χ1v) is 13.0. The molecule has 2 aromatic rings. The molecule has 196 valence electrons. The summed E-state index contributed by atoms with van der Waals surface area (Å²) >= 11 is 0. The third-order valence-electron chi connectivity index (χ3n) is 6.41. The van der Waals surface area contributed by atoms with E-state index in [0.717, 1.165) is 17.5 Å². The first-order chi connectivity index (χ1) is 17.3. The van der Waals surface area contributed by atoms with Crippen molar-refractivity contribution in [2.45, 2.75) is 59.3 Å². The van der Waals surface area contributed by atoms with Crippen molar-refractivity contribution in [1.82, 2.24) is 10.2 Å². The third kappa shape index (κ3) is 7.08. The van der Waals surface area contributed by atoms with Crippen molar-refractivity contribution in [3.8, 4) is 11.1 Å². The molecule has 0 spiro atoms. The number of nitrogens with one attached hydrogen (secondary N) is 1. The maximum atomic E-state index is 13.3. The van der Waals surface area contributed by atoms with Crippen LogP contribution in [0.15, 0.2) is 48.5 Å². The van der Waals surface area contributed by atoms with E-state index in [1.807, 2.05) is 38.1 Å². The summed E-state index contributed by atoms with van der Waals surface area (Å²) in [5, 5.41) is 2.72. The number of ether oxygens (including phenoxy) is 3. The molecule has 7 heteroatoms. The second kappa shape index (κ2) is 13.4. The fourth-order valence-corrected chi connectivity index (χ4v) is 4.56. The number of hydrogen-bond donors (Lipinski definition) is 1. The molecule has 2 aromatic carbocycles. The van der Waals surface area contributed by atoms with Crippen LogP contribution in [0.25, 0.3) is 11.1 Å². The van der Waals surface area contributed by atoms with E-state index in [0.29, 0.717) is 32.2 Å². The van der Waals surface area contributed by atoms with Crippen molar-refractivity contribution < 1.29 is 23.8 Å². The number of fused-ring (bicyclic) bond motifs is 3. The number of carbonyl (C=O) groups is 2. The molecule has 0 aromatic heterocycles. The molecule has 1 aliphatic carbocycles. The molecule has 1 N–H and O–H groups in total. The smallest absolute Gasteiger partial charge is 0.407 e. The number of amides is 2. The van der Waals surface area contributed by atoms with Gasteiger partial charge >= 0.3 is 6.09 Å². The Bertz CT molecular complexity index is 957. The van der Waals surface area contributed by atoms with Crippen LogP contribution in [-0.2, 0) is 19.0 Å². The van der Waals surface area contributed by atoms with Crippen molar-refractivity contribution in [2.24, 2.45) is 5.92 Å². The summed E-state index contributed by atoms with van der Waals surface area (Å²) in [7, 11) is 0. The Hall–Kier alpha value is -2.90. The zero-order chi connectivity index (χ0) is 26.1. The second-order valence-corrected chi connectivity index (χ2v) is 9.50. The van der Waals surface area contributed by atoms with Crippen molar-refractivity contribution in [2.75, 3.05) is 32.9 Å². The van der Waals surface area contributed by atoms with Crippen LogP contribution in [0.5, 0.6) is 0 Å². The van der Waals surface area contributed by atoms with Crippen LogP contribution in [0.3, 0.4) is 0 Å². The highest BCUT2D eigenvalue weighted by Crippen LogP contribution is 2.44. The Balaban J connectivity index is 1.61. The van der Waals surface area contributed by atoms with Crippen LogP contribution in [-0.4, -0.2) is 62.1 Å². The SMILES string of the molecule is CCOC(CN(CCC(C)C)C(=O)[C@H](C)NC(=O)OCC1c2ccccc2-c2ccccc21)OCC. The Morgan fingerprint density at radius 1 is 0.917 bits per heavy atom. The normalized spacial score (nSPS) is 13.4. The van der Waals surface area contributed by atoms with Crippen molar-refractivity contribution in [3.05, 3.63) is 59.7 Å². The average molecular weight is 497 g/mol. The largest absolute Gasteiger partial charge is 0.449 e. The van der Waals surface area contributed by atoms with Crippen LogP contribution in [0, 0.1) is 5.92 Å². The predicted octanol–water partition coefficient (Wildman–Crippen LogP) is 5.19. The quantitative estimate of drug-likeness (QED) is 0.386. The predicted molar refractivity (Wildman–Crippen MR) is 141 cm³/mol. The average Bonchev–Trinajstić information content (AvgIpc) is 3.18. The van der Waals surface area contributed by atoms with Gasteiger partial charge in [0.15, 0.2) is 6.29 Å². The summed E-state index contributed by atoms with van der Waals surface area (Å²) in [6, 6.07) is 15.6. The van der Waals surface area contributed by atoms with Crippen LogP contribution in [0.1, 0.15) is 58.1 Å². The van der Waals surface area contributed by atoms with Gasteiger partial charge in [-0.2, -0.15) is 0 Å². The van der Waals surface area contributed by atoms with E-state index in [2.05, 4.69) is 43.4 Å². The van der Waals surface area contributed by atoms with Crippen LogP contribution in [0.2, 0.25) is 0 Å². The molecule has 36 heavy (non-hydrogen) atoms. The van der Waals surface area contributed by atoms with E-state index in [4.69, 9.17) is 14.2 Å². The third-order valence-corrected chi connectivity index (χ3v) is 6.41. The van der Waals surface area contributed by atoms with E-state index < -0.39 is 18.4 Å². The lowest BCUT2D eigenvalue weighted by molar-refractivity contribution is -0.159. The molecular weight excluding hydrogens is 456 g/mol. The summed E-state index contributed by atoms with van der Waals surface area (Å²) in [4.78, 5) is 27.7. The molecule has 0 unspecified atom stereocenters. The van der Waals surface area contributed by atoms with E-state index in [1.54, 1.807) is 11.8 Å². The summed E-state index contributed by atoms with van der Waals surface area (Å²) in [6.45, 7) is 11.8. The van der Waals surface area contributed by atoms with Gasteiger partial charge in [0.2, 0.25) is 5.91 Å². The van der Waals surface area contributed by atoms with Gasteiger partial charge in [0, 0.05) is 25.7 Å². The zero-order valence-corrected chi connectivity index (χ0v) is 22.2. The lowest BCUT2D eigenvalue weighted by atomic mass is 9.98. The molecule has 0 heterocycles. The number of carbonyl (C=O) groups excluding carboxylic acids is 2. The number of alkyl carbamates (subject to hydrolysis) is 1. The fraction of sp³-hybridized carbons (Fsp3) is 0.517. The van der Waals surface area contributed by atoms with E-state index in [9.17, 15) is 9.59 Å². The highest BCUT2D eigenvalue weighted by Gasteiger charge is 2.30. The van der Waals surface area contributed by atoms with Crippen molar-refractivity contribution >= 4 is 12.0 Å². The summed E-state index contributed by atoms with van der Waals surface area (Å²) < 4.78 is 16.9. The van der Waals surface area contributed by atoms with Crippen LogP contribution in [0.4, 0.5) is 4.79 Å². The molecular formula is C29H40N2O5. The Morgan fingerprint density at radius 2 is 1.47 bits per heavy atom. The minimum atomic E-state index is -0.739. The molecule has 0 saturated carbocycles. The second-order valence-electron chi connectivity index (χ2n) is 9.50. The van der Waals surface area contributed by atoms with Crippen LogP contribution >= 0.6 is 0 Å². The summed E-state index contributed by atoms with van der Waals surface area (Å²) in [5.74, 6) is 0.215. The van der Waals surface area contributed by atoms with Gasteiger partial charge in [-0.05, 0) is 55.4 Å².